The number of hydrogen-bond donors (Lipinski definition) is 1. The number of rotatable bonds is 5. The molecular weight excluding hydrogens is 258 g/mol. The van der Waals surface area contributed by atoms with Gasteiger partial charge >= 0.3 is 0 Å². The predicted octanol–water partition coefficient (Wildman–Crippen LogP) is 2.33. The van der Waals surface area contributed by atoms with Crippen molar-refractivity contribution in [3.63, 3.8) is 0 Å². The number of aryl methyl sites for hydroxylation is 1. The molecule has 0 saturated carbocycles. The number of anilines is 1. The summed E-state index contributed by atoms with van der Waals surface area (Å²) < 4.78 is 0. The zero-order chi connectivity index (χ0) is 14.5. The van der Waals surface area contributed by atoms with E-state index in [-0.39, 0.29) is 11.6 Å². The molecule has 1 amide bonds. The highest BCUT2D eigenvalue weighted by atomic mass is 16.6. The average Bonchev–Trinajstić information content (AvgIpc) is 2.94. The number of carbonyl (C=O) groups excluding carboxylic acids is 1. The van der Waals surface area contributed by atoms with Crippen molar-refractivity contribution in [2.75, 3.05) is 25.0 Å². The van der Waals surface area contributed by atoms with E-state index in [9.17, 15) is 14.9 Å². The Morgan fingerprint density at radius 2 is 2.10 bits per heavy atom. The molecule has 20 heavy (non-hydrogen) atoms. The maximum absolute atomic E-state index is 11.9. The monoisotopic (exact) mass is 277 g/mol. The van der Waals surface area contributed by atoms with Crippen molar-refractivity contribution >= 4 is 17.3 Å². The Morgan fingerprint density at radius 1 is 1.40 bits per heavy atom. The molecule has 0 unspecified atom stereocenters. The van der Waals surface area contributed by atoms with Gasteiger partial charge in [-0.25, -0.2) is 0 Å². The van der Waals surface area contributed by atoms with Crippen LogP contribution in [0.2, 0.25) is 0 Å². The average molecular weight is 277 g/mol. The third kappa shape index (κ3) is 3.46. The number of nitrogens with zero attached hydrogens (tertiary/aromatic N) is 2. The summed E-state index contributed by atoms with van der Waals surface area (Å²) in [7, 11) is 0. The summed E-state index contributed by atoms with van der Waals surface area (Å²) in [6.07, 6.45) is 2.65. The highest BCUT2D eigenvalue weighted by molar-refractivity contribution is 5.77. The molecule has 2 rings (SSSR count). The van der Waals surface area contributed by atoms with Crippen LogP contribution >= 0.6 is 0 Å². The first-order chi connectivity index (χ1) is 9.58. The lowest BCUT2D eigenvalue weighted by molar-refractivity contribution is -0.384. The lowest BCUT2D eigenvalue weighted by Gasteiger charge is -2.16. The van der Waals surface area contributed by atoms with Crippen LogP contribution in [0.1, 0.15) is 24.8 Å². The van der Waals surface area contributed by atoms with E-state index in [1.165, 1.54) is 12.1 Å². The van der Waals surface area contributed by atoms with Gasteiger partial charge < -0.3 is 10.2 Å². The van der Waals surface area contributed by atoms with Crippen molar-refractivity contribution in [1.29, 1.82) is 0 Å². The van der Waals surface area contributed by atoms with Gasteiger partial charge in [0, 0.05) is 43.9 Å². The second-order valence-electron chi connectivity index (χ2n) is 5.02. The summed E-state index contributed by atoms with van der Waals surface area (Å²) in [4.78, 5) is 24.0. The van der Waals surface area contributed by atoms with Crippen LogP contribution in [0.15, 0.2) is 18.2 Å². The van der Waals surface area contributed by atoms with Crippen molar-refractivity contribution in [2.45, 2.75) is 26.2 Å². The molecule has 1 aliphatic heterocycles. The summed E-state index contributed by atoms with van der Waals surface area (Å²) in [6.45, 7) is 4.11. The number of nitrogens with one attached hydrogen (secondary N) is 1. The molecule has 108 valence electrons. The first-order valence-electron chi connectivity index (χ1n) is 6.84. The van der Waals surface area contributed by atoms with Gasteiger partial charge in [-0.15, -0.1) is 0 Å². The largest absolute Gasteiger partial charge is 0.384 e. The third-order valence-corrected chi connectivity index (χ3v) is 3.53. The Labute approximate surface area is 117 Å². The fourth-order valence-electron chi connectivity index (χ4n) is 2.39. The topological polar surface area (TPSA) is 75.5 Å². The van der Waals surface area contributed by atoms with Crippen LogP contribution in [0.25, 0.3) is 0 Å². The van der Waals surface area contributed by atoms with Crippen molar-refractivity contribution < 1.29 is 9.72 Å². The molecule has 1 N–H and O–H groups in total. The molecule has 1 saturated heterocycles. The van der Waals surface area contributed by atoms with Gasteiger partial charge in [-0.1, -0.05) is 0 Å². The maximum Gasteiger partial charge on any atom is 0.269 e. The number of likely N-dealkylation sites (tertiary alicyclic amines) is 1. The van der Waals surface area contributed by atoms with Gasteiger partial charge in [0.25, 0.3) is 5.69 Å². The molecule has 1 heterocycles. The van der Waals surface area contributed by atoms with E-state index in [0.717, 1.165) is 37.2 Å². The number of hydrogen-bond acceptors (Lipinski definition) is 4. The summed E-state index contributed by atoms with van der Waals surface area (Å²) in [5, 5.41) is 13.8. The van der Waals surface area contributed by atoms with E-state index < -0.39 is 4.92 Å². The Bertz CT molecular complexity index is 510. The Balaban J connectivity index is 1.84. The number of nitro groups is 1. The number of amides is 1. The van der Waals surface area contributed by atoms with Crippen LogP contribution < -0.4 is 5.32 Å². The van der Waals surface area contributed by atoms with E-state index >= 15 is 0 Å². The summed E-state index contributed by atoms with van der Waals surface area (Å²) in [5.74, 6) is 0.176. The molecule has 0 atom stereocenters. The summed E-state index contributed by atoms with van der Waals surface area (Å²) in [6, 6.07) is 4.69. The van der Waals surface area contributed by atoms with Crippen LogP contribution in [-0.2, 0) is 4.79 Å². The quantitative estimate of drug-likeness (QED) is 0.662. The number of nitro benzene ring substituents is 1. The number of non-ortho nitro benzene ring substituents is 1. The van der Waals surface area contributed by atoms with Crippen LogP contribution in [0, 0.1) is 17.0 Å². The second kappa shape index (κ2) is 6.36. The van der Waals surface area contributed by atoms with Crippen molar-refractivity contribution in [2.24, 2.45) is 0 Å². The Morgan fingerprint density at radius 3 is 2.70 bits per heavy atom. The number of benzene rings is 1. The zero-order valence-electron chi connectivity index (χ0n) is 11.6. The fourth-order valence-corrected chi connectivity index (χ4v) is 2.39. The molecule has 1 fully saturated rings. The third-order valence-electron chi connectivity index (χ3n) is 3.53. The van der Waals surface area contributed by atoms with Crippen molar-refractivity contribution in [3.05, 3.63) is 33.9 Å². The zero-order valence-corrected chi connectivity index (χ0v) is 11.6. The summed E-state index contributed by atoms with van der Waals surface area (Å²) in [5.41, 5.74) is 1.74. The fraction of sp³-hybridized carbons (Fsp3) is 0.500. The highest BCUT2D eigenvalue weighted by Gasteiger charge is 2.17. The van der Waals surface area contributed by atoms with E-state index in [4.69, 9.17) is 0 Å². The first-order valence-corrected chi connectivity index (χ1v) is 6.84. The van der Waals surface area contributed by atoms with Gasteiger partial charge in [0.15, 0.2) is 0 Å². The van der Waals surface area contributed by atoms with Gasteiger partial charge in [-0.2, -0.15) is 0 Å². The molecule has 0 bridgehead atoms. The second-order valence-corrected chi connectivity index (χ2v) is 5.02. The SMILES string of the molecule is Cc1cc([N+](=O)[O-])ccc1NCCC(=O)N1CCCC1. The van der Waals surface area contributed by atoms with Crippen LogP contribution in [0.3, 0.4) is 0 Å². The van der Waals surface area contributed by atoms with Crippen LogP contribution in [0.4, 0.5) is 11.4 Å². The van der Waals surface area contributed by atoms with E-state index in [1.807, 2.05) is 11.8 Å². The van der Waals surface area contributed by atoms with E-state index in [2.05, 4.69) is 5.32 Å². The van der Waals surface area contributed by atoms with Gasteiger partial charge in [-0.05, 0) is 31.4 Å². The van der Waals surface area contributed by atoms with Crippen molar-refractivity contribution in [1.82, 2.24) is 4.90 Å². The van der Waals surface area contributed by atoms with Gasteiger partial charge in [0.2, 0.25) is 5.91 Å². The van der Waals surface area contributed by atoms with Crippen molar-refractivity contribution in [3.8, 4) is 0 Å². The normalized spacial score (nSPS) is 14.3. The van der Waals surface area contributed by atoms with Gasteiger partial charge in [-0.3, -0.25) is 14.9 Å². The highest BCUT2D eigenvalue weighted by Crippen LogP contribution is 2.21. The molecule has 0 spiro atoms. The van der Waals surface area contributed by atoms with Gasteiger partial charge in [0.05, 0.1) is 4.92 Å². The maximum atomic E-state index is 11.9. The lowest BCUT2D eigenvalue weighted by Crippen LogP contribution is -2.29. The summed E-state index contributed by atoms with van der Waals surface area (Å²) >= 11 is 0. The Kier molecular flexibility index (Phi) is 4.55. The molecule has 0 aromatic heterocycles. The molecule has 1 aromatic carbocycles. The molecule has 1 aliphatic rings. The molecule has 0 aliphatic carbocycles. The lowest BCUT2D eigenvalue weighted by atomic mass is 10.1. The minimum Gasteiger partial charge on any atom is -0.384 e. The smallest absolute Gasteiger partial charge is 0.269 e. The predicted molar refractivity (Wildman–Crippen MR) is 76.8 cm³/mol. The number of carbonyl (C=O) groups is 1. The Hall–Kier alpha value is -2.11. The molecule has 6 heteroatoms. The van der Waals surface area contributed by atoms with E-state index in [0.29, 0.717) is 13.0 Å². The first kappa shape index (κ1) is 14.3. The van der Waals surface area contributed by atoms with Crippen LogP contribution in [-0.4, -0.2) is 35.4 Å². The van der Waals surface area contributed by atoms with Crippen LogP contribution in [0.5, 0.6) is 0 Å². The minimum atomic E-state index is -0.409. The molecule has 1 aromatic rings. The van der Waals surface area contributed by atoms with Gasteiger partial charge in [0.1, 0.15) is 0 Å². The molecular formula is C14H19N3O3. The standard InChI is InChI=1S/C14H19N3O3/c1-11-10-12(17(19)20)4-5-13(11)15-7-6-14(18)16-8-2-3-9-16/h4-5,10,15H,2-3,6-9H2,1H3. The van der Waals surface area contributed by atoms with E-state index in [1.54, 1.807) is 6.07 Å². The molecule has 0 radical (unpaired) electrons. The minimum absolute atomic E-state index is 0.0844. The molecule has 6 nitrogen and oxygen atoms in total.